The van der Waals surface area contributed by atoms with Crippen LogP contribution in [0.5, 0.6) is 0 Å². The van der Waals surface area contributed by atoms with Crippen molar-refractivity contribution in [2.24, 2.45) is 0 Å². The molecule has 0 aliphatic rings. The molecule has 4 nitrogen and oxygen atoms in total. The van der Waals surface area contributed by atoms with Crippen molar-refractivity contribution < 1.29 is 19.7 Å². The summed E-state index contributed by atoms with van der Waals surface area (Å²) in [5, 5.41) is 16.8. The number of rotatable bonds is 5. The monoisotopic (exact) mass is 150 g/mol. The topological polar surface area (TPSA) is 58.9 Å². The fourth-order valence-electron chi connectivity index (χ4n) is 0.519. The third-order valence-corrected chi connectivity index (χ3v) is 1.38. The van der Waals surface area contributed by atoms with Crippen LogP contribution in [0.3, 0.4) is 0 Å². The summed E-state index contributed by atoms with van der Waals surface area (Å²) in [6.45, 7) is 2.69. The minimum absolute atomic E-state index is 0.398. The summed E-state index contributed by atoms with van der Waals surface area (Å²) < 4.78 is 9.58. The lowest BCUT2D eigenvalue weighted by Crippen LogP contribution is -2.32. The summed E-state index contributed by atoms with van der Waals surface area (Å²) in [5.41, 5.74) is 0. The van der Waals surface area contributed by atoms with Crippen LogP contribution in [-0.4, -0.2) is 29.6 Å². The van der Waals surface area contributed by atoms with Gasteiger partial charge < -0.3 is 19.7 Å². The molecule has 0 atom stereocenters. The third kappa shape index (κ3) is 3.12. The van der Waals surface area contributed by atoms with Crippen LogP contribution in [0.25, 0.3) is 0 Å². The second-order valence-corrected chi connectivity index (χ2v) is 2.03. The average Bonchev–Trinajstić information content (AvgIpc) is 1.89. The molecule has 10 heavy (non-hydrogen) atoms. The van der Waals surface area contributed by atoms with Gasteiger partial charge in [0.1, 0.15) is 13.6 Å². The maximum atomic E-state index is 8.38. The Morgan fingerprint density at radius 1 is 1.20 bits per heavy atom. The van der Waals surface area contributed by atoms with Gasteiger partial charge in [-0.25, -0.2) is 0 Å². The summed E-state index contributed by atoms with van der Waals surface area (Å²) in [7, 11) is 0. The first-order valence-corrected chi connectivity index (χ1v) is 3.18. The van der Waals surface area contributed by atoms with Crippen LogP contribution < -0.4 is 0 Å². The van der Waals surface area contributed by atoms with Crippen molar-refractivity contribution in [3.8, 4) is 0 Å². The molecular weight excluding hydrogens is 136 g/mol. The van der Waals surface area contributed by atoms with Gasteiger partial charge in [-0.15, -0.1) is 0 Å². The van der Waals surface area contributed by atoms with Crippen LogP contribution in [0.15, 0.2) is 0 Å². The third-order valence-electron chi connectivity index (χ3n) is 1.38. The second kappa shape index (κ2) is 4.62. The quantitative estimate of drug-likeness (QED) is 0.543. The molecule has 62 valence electrons. The minimum Gasteiger partial charge on any atom is -0.371 e. The van der Waals surface area contributed by atoms with E-state index in [1.54, 1.807) is 6.92 Å². The molecule has 0 heterocycles. The van der Waals surface area contributed by atoms with Gasteiger partial charge in [0.15, 0.2) is 5.79 Å². The van der Waals surface area contributed by atoms with E-state index in [1.807, 2.05) is 6.92 Å². The highest BCUT2D eigenvalue weighted by Crippen LogP contribution is 2.15. The van der Waals surface area contributed by atoms with Gasteiger partial charge in [-0.3, -0.25) is 0 Å². The molecule has 0 rings (SSSR count). The van der Waals surface area contributed by atoms with E-state index in [0.717, 1.165) is 0 Å². The van der Waals surface area contributed by atoms with E-state index in [9.17, 15) is 0 Å². The zero-order valence-corrected chi connectivity index (χ0v) is 6.33. The maximum Gasteiger partial charge on any atom is 0.170 e. The Labute approximate surface area is 60.4 Å². The van der Waals surface area contributed by atoms with Crippen LogP contribution in [0.2, 0.25) is 0 Å². The average molecular weight is 150 g/mol. The Kier molecular flexibility index (Phi) is 4.55. The van der Waals surface area contributed by atoms with Crippen LogP contribution in [-0.2, 0) is 9.47 Å². The Morgan fingerprint density at radius 2 is 1.60 bits per heavy atom. The highest BCUT2D eigenvalue weighted by Gasteiger charge is 2.22. The lowest BCUT2D eigenvalue weighted by Gasteiger charge is -2.26. The first-order chi connectivity index (χ1) is 4.68. The fourth-order valence-corrected chi connectivity index (χ4v) is 0.519. The van der Waals surface area contributed by atoms with Crippen molar-refractivity contribution in [1.29, 1.82) is 0 Å². The highest BCUT2D eigenvalue weighted by atomic mass is 16.8. The maximum absolute atomic E-state index is 8.38. The molecule has 2 N–H and O–H groups in total. The predicted octanol–water partition coefficient (Wildman–Crippen LogP) is 0.0454. The Balaban J connectivity index is 3.69. The van der Waals surface area contributed by atoms with Gasteiger partial charge in [0, 0.05) is 0 Å². The van der Waals surface area contributed by atoms with Gasteiger partial charge in [-0.05, 0) is 13.3 Å². The van der Waals surface area contributed by atoms with Crippen molar-refractivity contribution in [3.63, 3.8) is 0 Å². The number of hydrogen-bond donors (Lipinski definition) is 2. The Bertz CT molecular complexity index is 77.8. The molecule has 4 heteroatoms. The number of hydrogen-bond acceptors (Lipinski definition) is 4. The second-order valence-electron chi connectivity index (χ2n) is 2.03. The molecular formula is C6H14O4. The van der Waals surface area contributed by atoms with Gasteiger partial charge >= 0.3 is 0 Å². The highest BCUT2D eigenvalue weighted by molar-refractivity contribution is 4.56. The van der Waals surface area contributed by atoms with Crippen LogP contribution in [0.4, 0.5) is 0 Å². The van der Waals surface area contributed by atoms with Gasteiger partial charge in [0.2, 0.25) is 0 Å². The van der Waals surface area contributed by atoms with Crippen molar-refractivity contribution in [2.45, 2.75) is 26.1 Å². The van der Waals surface area contributed by atoms with Crippen molar-refractivity contribution in [1.82, 2.24) is 0 Å². The molecule has 0 bridgehead atoms. The van der Waals surface area contributed by atoms with Gasteiger partial charge in [-0.1, -0.05) is 6.92 Å². The zero-order valence-electron chi connectivity index (χ0n) is 6.33. The van der Waals surface area contributed by atoms with E-state index in [-0.39, 0.29) is 0 Å². The molecule has 0 aromatic carbocycles. The Morgan fingerprint density at radius 3 is 1.80 bits per heavy atom. The smallest absolute Gasteiger partial charge is 0.170 e. The molecule has 0 unspecified atom stereocenters. The summed E-state index contributed by atoms with van der Waals surface area (Å²) in [6.07, 6.45) is 0.577. The van der Waals surface area contributed by atoms with E-state index < -0.39 is 19.4 Å². The zero-order chi connectivity index (χ0) is 8.04. The van der Waals surface area contributed by atoms with Crippen molar-refractivity contribution in [2.75, 3.05) is 13.6 Å². The predicted molar refractivity (Wildman–Crippen MR) is 35.0 cm³/mol. The standard InChI is InChI=1S/C6H14O4/c1-3-6(2,9-4-7)10-5-8/h7-8H,3-5H2,1-2H3. The fraction of sp³-hybridized carbons (Fsp3) is 1.00. The molecule has 0 aromatic rings. The normalized spacial score (nSPS) is 12.0. The van der Waals surface area contributed by atoms with E-state index >= 15 is 0 Å². The number of ether oxygens (including phenoxy) is 2. The molecule has 0 spiro atoms. The lowest BCUT2D eigenvalue weighted by molar-refractivity contribution is -0.278. The number of aliphatic hydroxyl groups excluding tert-OH is 2. The van der Waals surface area contributed by atoms with Crippen LogP contribution in [0.1, 0.15) is 20.3 Å². The summed E-state index contributed by atoms with van der Waals surface area (Å²) >= 11 is 0. The number of aliphatic hydroxyl groups is 2. The summed E-state index contributed by atoms with van der Waals surface area (Å²) in [6, 6.07) is 0. The SMILES string of the molecule is CCC(C)(OCO)OCO. The minimum atomic E-state index is -0.858. The summed E-state index contributed by atoms with van der Waals surface area (Å²) in [5.74, 6) is -0.858. The molecule has 0 amide bonds. The van der Waals surface area contributed by atoms with Crippen LogP contribution >= 0.6 is 0 Å². The lowest BCUT2D eigenvalue weighted by atomic mass is 10.2. The molecule has 0 saturated heterocycles. The van der Waals surface area contributed by atoms with Gasteiger partial charge in [0.05, 0.1) is 0 Å². The molecule has 0 radical (unpaired) electrons. The molecule has 0 aliphatic carbocycles. The van der Waals surface area contributed by atoms with E-state index in [0.29, 0.717) is 6.42 Å². The first-order valence-electron chi connectivity index (χ1n) is 3.18. The van der Waals surface area contributed by atoms with Gasteiger partial charge in [0.25, 0.3) is 0 Å². The Hall–Kier alpha value is -0.160. The van der Waals surface area contributed by atoms with E-state index in [2.05, 4.69) is 0 Å². The molecule has 0 saturated carbocycles. The first kappa shape index (κ1) is 9.84. The molecule has 0 aromatic heterocycles. The molecule has 0 fully saturated rings. The molecule has 0 aliphatic heterocycles. The van der Waals surface area contributed by atoms with Crippen molar-refractivity contribution >= 4 is 0 Å². The van der Waals surface area contributed by atoms with Crippen molar-refractivity contribution in [3.05, 3.63) is 0 Å². The van der Waals surface area contributed by atoms with Crippen LogP contribution in [0, 0.1) is 0 Å². The summed E-state index contributed by atoms with van der Waals surface area (Å²) in [4.78, 5) is 0. The van der Waals surface area contributed by atoms with E-state index in [1.165, 1.54) is 0 Å². The van der Waals surface area contributed by atoms with Gasteiger partial charge in [-0.2, -0.15) is 0 Å². The largest absolute Gasteiger partial charge is 0.371 e. The van der Waals surface area contributed by atoms with E-state index in [4.69, 9.17) is 19.7 Å².